The number of nitro benzene ring substituents is 1. The SMILES string of the molecule is CC(C)NC(=O)CN(C)C(=O)c1cccc([N+](=O)[O-])c1. The molecule has 0 aliphatic carbocycles. The second-order valence-electron chi connectivity index (χ2n) is 4.69. The van der Waals surface area contributed by atoms with Gasteiger partial charge < -0.3 is 10.2 Å². The maximum Gasteiger partial charge on any atom is 0.270 e. The lowest BCUT2D eigenvalue weighted by Crippen LogP contribution is -2.40. The van der Waals surface area contributed by atoms with Gasteiger partial charge in [-0.1, -0.05) is 6.07 Å². The highest BCUT2D eigenvalue weighted by Crippen LogP contribution is 2.14. The highest BCUT2D eigenvalue weighted by molar-refractivity contribution is 5.96. The van der Waals surface area contributed by atoms with Crippen LogP contribution in [0.25, 0.3) is 0 Å². The topological polar surface area (TPSA) is 92.6 Å². The zero-order valence-corrected chi connectivity index (χ0v) is 11.6. The molecule has 0 fully saturated rings. The summed E-state index contributed by atoms with van der Waals surface area (Å²) in [6.45, 7) is 3.54. The maximum atomic E-state index is 12.1. The van der Waals surface area contributed by atoms with E-state index < -0.39 is 10.8 Å². The normalized spacial score (nSPS) is 10.2. The molecule has 1 N–H and O–H groups in total. The minimum absolute atomic E-state index is 0.0104. The summed E-state index contributed by atoms with van der Waals surface area (Å²) in [7, 11) is 1.47. The lowest BCUT2D eigenvalue weighted by atomic mass is 10.2. The van der Waals surface area contributed by atoms with Crippen molar-refractivity contribution in [3.8, 4) is 0 Å². The second kappa shape index (κ2) is 6.65. The predicted molar refractivity (Wildman–Crippen MR) is 73.3 cm³/mol. The van der Waals surface area contributed by atoms with Gasteiger partial charge in [-0.2, -0.15) is 0 Å². The molecule has 20 heavy (non-hydrogen) atoms. The van der Waals surface area contributed by atoms with Crippen LogP contribution in [-0.2, 0) is 4.79 Å². The van der Waals surface area contributed by atoms with Gasteiger partial charge in [0.1, 0.15) is 0 Å². The quantitative estimate of drug-likeness (QED) is 0.647. The molecule has 1 aromatic rings. The number of non-ortho nitro benzene ring substituents is 1. The number of likely N-dealkylation sites (N-methyl/N-ethyl adjacent to an activating group) is 1. The number of benzene rings is 1. The Morgan fingerprint density at radius 3 is 2.60 bits per heavy atom. The van der Waals surface area contributed by atoms with Crippen LogP contribution >= 0.6 is 0 Å². The number of nitro groups is 1. The van der Waals surface area contributed by atoms with Crippen molar-refractivity contribution in [1.82, 2.24) is 10.2 Å². The second-order valence-corrected chi connectivity index (χ2v) is 4.69. The van der Waals surface area contributed by atoms with Crippen LogP contribution in [0.2, 0.25) is 0 Å². The number of carbonyl (C=O) groups excluding carboxylic acids is 2. The van der Waals surface area contributed by atoms with Crippen LogP contribution in [0.1, 0.15) is 24.2 Å². The number of hydrogen-bond acceptors (Lipinski definition) is 4. The first-order valence-corrected chi connectivity index (χ1v) is 6.10. The molecule has 7 nitrogen and oxygen atoms in total. The van der Waals surface area contributed by atoms with Crippen molar-refractivity contribution in [2.75, 3.05) is 13.6 Å². The van der Waals surface area contributed by atoms with Crippen molar-refractivity contribution in [2.24, 2.45) is 0 Å². The van der Waals surface area contributed by atoms with Crippen LogP contribution in [0.15, 0.2) is 24.3 Å². The first-order valence-electron chi connectivity index (χ1n) is 6.10. The Balaban J connectivity index is 2.76. The van der Waals surface area contributed by atoms with Crippen molar-refractivity contribution in [3.63, 3.8) is 0 Å². The number of carbonyl (C=O) groups is 2. The Kier molecular flexibility index (Phi) is 5.19. The van der Waals surface area contributed by atoms with Crippen molar-refractivity contribution < 1.29 is 14.5 Å². The van der Waals surface area contributed by atoms with Crippen LogP contribution in [0.4, 0.5) is 5.69 Å². The van der Waals surface area contributed by atoms with E-state index in [9.17, 15) is 19.7 Å². The molecule has 0 radical (unpaired) electrons. The molecule has 0 aliphatic rings. The number of nitrogens with one attached hydrogen (secondary N) is 1. The fourth-order valence-electron chi connectivity index (χ4n) is 1.63. The third-order valence-corrected chi connectivity index (χ3v) is 2.48. The van der Waals surface area contributed by atoms with E-state index in [0.717, 1.165) is 0 Å². The molecular formula is C13H17N3O4. The minimum Gasteiger partial charge on any atom is -0.352 e. The summed E-state index contributed by atoms with van der Waals surface area (Å²) in [5.74, 6) is -0.714. The first kappa shape index (κ1) is 15.6. The average molecular weight is 279 g/mol. The lowest BCUT2D eigenvalue weighted by molar-refractivity contribution is -0.384. The van der Waals surface area contributed by atoms with E-state index in [-0.39, 0.29) is 29.7 Å². The van der Waals surface area contributed by atoms with Gasteiger partial charge in [-0.15, -0.1) is 0 Å². The van der Waals surface area contributed by atoms with Gasteiger partial charge in [0.15, 0.2) is 0 Å². The summed E-state index contributed by atoms with van der Waals surface area (Å²) in [4.78, 5) is 34.9. The molecule has 0 aromatic heterocycles. The van der Waals surface area contributed by atoms with E-state index in [1.165, 1.54) is 36.2 Å². The molecule has 1 aromatic carbocycles. The van der Waals surface area contributed by atoms with Crippen molar-refractivity contribution in [1.29, 1.82) is 0 Å². The van der Waals surface area contributed by atoms with Crippen LogP contribution in [0, 0.1) is 10.1 Å². The largest absolute Gasteiger partial charge is 0.352 e. The molecule has 0 aliphatic heterocycles. The average Bonchev–Trinajstić information content (AvgIpc) is 2.36. The Morgan fingerprint density at radius 1 is 1.40 bits per heavy atom. The van der Waals surface area contributed by atoms with Gasteiger partial charge in [-0.25, -0.2) is 0 Å². The van der Waals surface area contributed by atoms with Crippen molar-refractivity contribution in [2.45, 2.75) is 19.9 Å². The van der Waals surface area contributed by atoms with Gasteiger partial charge in [0, 0.05) is 30.8 Å². The monoisotopic (exact) mass is 279 g/mol. The molecule has 0 saturated carbocycles. The Morgan fingerprint density at radius 2 is 2.05 bits per heavy atom. The predicted octanol–water partition coefficient (Wildman–Crippen LogP) is 1.19. The van der Waals surface area contributed by atoms with Gasteiger partial charge in [-0.05, 0) is 19.9 Å². The van der Waals surface area contributed by atoms with E-state index in [1.54, 1.807) is 0 Å². The summed E-state index contributed by atoms with van der Waals surface area (Å²) >= 11 is 0. The van der Waals surface area contributed by atoms with Crippen molar-refractivity contribution >= 4 is 17.5 Å². The van der Waals surface area contributed by atoms with Gasteiger partial charge >= 0.3 is 0 Å². The standard InChI is InChI=1S/C13H17N3O4/c1-9(2)14-12(17)8-15(3)13(18)10-5-4-6-11(7-10)16(19)20/h4-7,9H,8H2,1-3H3,(H,14,17). The third-order valence-electron chi connectivity index (χ3n) is 2.48. The van der Waals surface area contributed by atoms with Crippen LogP contribution in [0.5, 0.6) is 0 Å². The summed E-state index contributed by atoms with van der Waals surface area (Å²) in [6.07, 6.45) is 0. The molecule has 0 saturated heterocycles. The van der Waals surface area contributed by atoms with E-state index in [4.69, 9.17) is 0 Å². The first-order chi connectivity index (χ1) is 9.31. The number of amides is 2. The third kappa shape index (κ3) is 4.34. The number of hydrogen-bond donors (Lipinski definition) is 1. The maximum absolute atomic E-state index is 12.1. The van der Waals surface area contributed by atoms with E-state index in [0.29, 0.717) is 0 Å². The van der Waals surface area contributed by atoms with Crippen LogP contribution < -0.4 is 5.32 Å². The number of rotatable bonds is 5. The molecule has 108 valence electrons. The Bertz CT molecular complexity index is 528. The summed E-state index contributed by atoms with van der Waals surface area (Å²) < 4.78 is 0. The molecule has 0 spiro atoms. The highest BCUT2D eigenvalue weighted by Gasteiger charge is 2.17. The molecule has 1 rings (SSSR count). The Hall–Kier alpha value is -2.44. The van der Waals surface area contributed by atoms with Gasteiger partial charge in [0.05, 0.1) is 11.5 Å². The fraction of sp³-hybridized carbons (Fsp3) is 0.385. The minimum atomic E-state index is -0.567. The fourth-order valence-corrected chi connectivity index (χ4v) is 1.63. The molecule has 0 unspecified atom stereocenters. The van der Waals surface area contributed by atoms with Gasteiger partial charge in [0.25, 0.3) is 11.6 Å². The summed E-state index contributed by atoms with van der Waals surface area (Å²) in [5.41, 5.74) is 0.0231. The van der Waals surface area contributed by atoms with Crippen LogP contribution in [0.3, 0.4) is 0 Å². The molecule has 0 heterocycles. The molecule has 7 heteroatoms. The van der Waals surface area contributed by atoms with Crippen molar-refractivity contribution in [3.05, 3.63) is 39.9 Å². The zero-order valence-electron chi connectivity index (χ0n) is 11.6. The highest BCUT2D eigenvalue weighted by atomic mass is 16.6. The molecule has 0 bridgehead atoms. The number of nitrogens with zero attached hydrogens (tertiary/aromatic N) is 2. The van der Waals surface area contributed by atoms with E-state index in [2.05, 4.69) is 5.32 Å². The lowest BCUT2D eigenvalue weighted by Gasteiger charge is -2.17. The van der Waals surface area contributed by atoms with E-state index in [1.807, 2.05) is 13.8 Å². The summed E-state index contributed by atoms with van der Waals surface area (Å²) in [6, 6.07) is 5.41. The Labute approximate surface area is 116 Å². The zero-order chi connectivity index (χ0) is 15.3. The van der Waals surface area contributed by atoms with Crippen LogP contribution in [-0.4, -0.2) is 41.3 Å². The summed E-state index contributed by atoms with van der Waals surface area (Å²) in [5, 5.41) is 13.3. The molecular weight excluding hydrogens is 262 g/mol. The smallest absolute Gasteiger partial charge is 0.270 e. The van der Waals surface area contributed by atoms with Gasteiger partial charge in [0.2, 0.25) is 5.91 Å². The molecule has 2 amide bonds. The van der Waals surface area contributed by atoms with E-state index >= 15 is 0 Å². The molecule has 0 atom stereocenters. The van der Waals surface area contributed by atoms with Gasteiger partial charge in [-0.3, -0.25) is 19.7 Å².